The van der Waals surface area contributed by atoms with Crippen molar-refractivity contribution in [2.24, 2.45) is 0 Å². The Morgan fingerprint density at radius 3 is 2.72 bits per heavy atom. The number of unbranched alkanes of at least 4 members (excludes halogenated alkanes) is 2. The van der Waals surface area contributed by atoms with Gasteiger partial charge in [-0.25, -0.2) is 4.79 Å². The van der Waals surface area contributed by atoms with Gasteiger partial charge in [-0.3, -0.25) is 0 Å². The largest absolute Gasteiger partial charge is 0.478 e. The van der Waals surface area contributed by atoms with Gasteiger partial charge in [0, 0.05) is 4.47 Å². The first-order valence-electron chi connectivity index (χ1n) is 6.37. The first kappa shape index (κ1) is 15.2. The fraction of sp³-hybridized carbons (Fsp3) is 0.500. The number of hydrogen-bond donors (Lipinski definition) is 2. The zero-order valence-corrected chi connectivity index (χ0v) is 12.3. The van der Waals surface area contributed by atoms with Crippen molar-refractivity contribution in [3.63, 3.8) is 0 Å². The van der Waals surface area contributed by atoms with E-state index in [2.05, 4.69) is 28.2 Å². The number of halogens is 1. The molecule has 3 nitrogen and oxygen atoms in total. The van der Waals surface area contributed by atoms with E-state index in [0.29, 0.717) is 5.56 Å². The molecule has 0 saturated carbocycles. The molecule has 1 aromatic rings. The van der Waals surface area contributed by atoms with E-state index < -0.39 is 5.97 Å². The van der Waals surface area contributed by atoms with E-state index in [1.54, 1.807) is 12.1 Å². The summed E-state index contributed by atoms with van der Waals surface area (Å²) in [6.07, 6.45) is 4.55. The summed E-state index contributed by atoms with van der Waals surface area (Å²) in [7, 11) is 0. The lowest BCUT2D eigenvalue weighted by Gasteiger charge is -2.06. The van der Waals surface area contributed by atoms with Gasteiger partial charge in [-0.2, -0.15) is 0 Å². The number of aromatic carboxylic acids is 1. The Hall–Kier alpha value is -0.870. The number of benzene rings is 1. The van der Waals surface area contributed by atoms with Gasteiger partial charge >= 0.3 is 5.97 Å². The summed E-state index contributed by atoms with van der Waals surface area (Å²) in [5.41, 5.74) is 1.38. The van der Waals surface area contributed by atoms with E-state index in [-0.39, 0.29) is 0 Å². The molecule has 0 aromatic heterocycles. The van der Waals surface area contributed by atoms with Gasteiger partial charge in [0.2, 0.25) is 0 Å². The average Bonchev–Trinajstić information content (AvgIpc) is 2.33. The van der Waals surface area contributed by atoms with Crippen LogP contribution in [0.5, 0.6) is 0 Å². The molecule has 0 heterocycles. The Morgan fingerprint density at radius 1 is 1.28 bits per heavy atom. The van der Waals surface area contributed by atoms with Crippen molar-refractivity contribution >= 4 is 21.9 Å². The molecule has 0 aliphatic carbocycles. The van der Waals surface area contributed by atoms with Crippen LogP contribution in [0.3, 0.4) is 0 Å². The van der Waals surface area contributed by atoms with E-state index >= 15 is 0 Å². The Balaban J connectivity index is 2.40. The minimum Gasteiger partial charge on any atom is -0.478 e. The van der Waals surface area contributed by atoms with Crippen LogP contribution in [0.2, 0.25) is 0 Å². The fourth-order valence-corrected chi connectivity index (χ4v) is 2.32. The van der Waals surface area contributed by atoms with Gasteiger partial charge in [0.15, 0.2) is 0 Å². The zero-order valence-electron chi connectivity index (χ0n) is 10.7. The summed E-state index contributed by atoms with van der Waals surface area (Å²) >= 11 is 3.34. The van der Waals surface area contributed by atoms with E-state index in [0.717, 1.165) is 29.5 Å². The molecule has 18 heavy (non-hydrogen) atoms. The summed E-state index contributed by atoms with van der Waals surface area (Å²) in [5, 5.41) is 12.3. The van der Waals surface area contributed by atoms with E-state index in [4.69, 9.17) is 5.11 Å². The Bertz CT molecular complexity index is 393. The standard InChI is InChI=1S/C14H20BrNO2/c1-2-3-4-6-16-7-5-11-8-12(14(17)18)10-13(15)9-11/h8-10,16H,2-7H2,1H3,(H,17,18). The van der Waals surface area contributed by atoms with Gasteiger partial charge in [-0.1, -0.05) is 35.7 Å². The molecule has 0 fully saturated rings. The van der Waals surface area contributed by atoms with Crippen molar-refractivity contribution in [1.29, 1.82) is 0 Å². The molecule has 1 aromatic carbocycles. The quantitative estimate of drug-likeness (QED) is 0.722. The normalized spacial score (nSPS) is 10.6. The molecule has 0 radical (unpaired) electrons. The molecule has 0 aliphatic rings. The zero-order chi connectivity index (χ0) is 13.4. The first-order valence-corrected chi connectivity index (χ1v) is 7.16. The molecular formula is C14H20BrNO2. The summed E-state index contributed by atoms with van der Waals surface area (Å²) < 4.78 is 0.823. The molecule has 4 heteroatoms. The molecule has 0 amide bonds. The van der Waals surface area contributed by atoms with E-state index in [9.17, 15) is 4.79 Å². The van der Waals surface area contributed by atoms with Gasteiger partial charge in [0.1, 0.15) is 0 Å². The minimum absolute atomic E-state index is 0.338. The highest BCUT2D eigenvalue weighted by Crippen LogP contribution is 2.16. The van der Waals surface area contributed by atoms with Crippen molar-refractivity contribution in [1.82, 2.24) is 5.32 Å². The maximum atomic E-state index is 10.9. The first-order chi connectivity index (χ1) is 8.63. The SMILES string of the molecule is CCCCCNCCc1cc(Br)cc(C(=O)O)c1. The van der Waals surface area contributed by atoms with Crippen LogP contribution in [0.25, 0.3) is 0 Å². The number of rotatable bonds is 8. The topological polar surface area (TPSA) is 49.3 Å². The van der Waals surface area contributed by atoms with Crippen LogP contribution in [0.4, 0.5) is 0 Å². The molecule has 0 bridgehead atoms. The predicted molar refractivity (Wildman–Crippen MR) is 77.2 cm³/mol. The van der Waals surface area contributed by atoms with Crippen molar-refractivity contribution in [2.45, 2.75) is 32.6 Å². The van der Waals surface area contributed by atoms with Gasteiger partial charge in [0.25, 0.3) is 0 Å². The Labute approximate surface area is 117 Å². The third kappa shape index (κ3) is 5.65. The molecular weight excluding hydrogens is 294 g/mol. The second-order valence-electron chi connectivity index (χ2n) is 4.36. The minimum atomic E-state index is -0.881. The van der Waals surface area contributed by atoms with Crippen molar-refractivity contribution < 1.29 is 9.90 Å². The third-order valence-electron chi connectivity index (χ3n) is 2.75. The van der Waals surface area contributed by atoms with Crippen molar-refractivity contribution in [2.75, 3.05) is 13.1 Å². The molecule has 1 rings (SSSR count). The molecule has 2 N–H and O–H groups in total. The highest BCUT2D eigenvalue weighted by Gasteiger charge is 2.05. The van der Waals surface area contributed by atoms with Crippen LogP contribution in [-0.2, 0) is 6.42 Å². The molecule has 0 aliphatic heterocycles. The van der Waals surface area contributed by atoms with Crippen LogP contribution in [0.15, 0.2) is 22.7 Å². The number of nitrogens with one attached hydrogen (secondary N) is 1. The summed E-state index contributed by atoms with van der Waals surface area (Å²) in [6.45, 7) is 4.11. The number of carboxylic acids is 1. The van der Waals surface area contributed by atoms with Crippen LogP contribution < -0.4 is 5.32 Å². The van der Waals surface area contributed by atoms with E-state index in [1.807, 2.05) is 6.07 Å². The van der Waals surface area contributed by atoms with Gasteiger partial charge in [0.05, 0.1) is 5.56 Å². The summed E-state index contributed by atoms with van der Waals surface area (Å²) in [5.74, 6) is -0.881. The lowest BCUT2D eigenvalue weighted by Crippen LogP contribution is -2.18. The smallest absolute Gasteiger partial charge is 0.335 e. The van der Waals surface area contributed by atoms with Gasteiger partial charge in [-0.15, -0.1) is 0 Å². The molecule has 0 atom stereocenters. The lowest BCUT2D eigenvalue weighted by molar-refractivity contribution is 0.0696. The van der Waals surface area contributed by atoms with Crippen LogP contribution in [0.1, 0.15) is 42.1 Å². The fourth-order valence-electron chi connectivity index (χ4n) is 1.78. The number of carboxylic acid groups (broad SMARTS) is 1. The maximum Gasteiger partial charge on any atom is 0.335 e. The average molecular weight is 314 g/mol. The van der Waals surface area contributed by atoms with Crippen molar-refractivity contribution in [3.8, 4) is 0 Å². The molecule has 0 unspecified atom stereocenters. The van der Waals surface area contributed by atoms with Crippen LogP contribution >= 0.6 is 15.9 Å². The van der Waals surface area contributed by atoms with Crippen molar-refractivity contribution in [3.05, 3.63) is 33.8 Å². The Morgan fingerprint density at radius 2 is 2.06 bits per heavy atom. The maximum absolute atomic E-state index is 10.9. The summed E-state index contributed by atoms with van der Waals surface area (Å²) in [6, 6.07) is 5.33. The summed E-state index contributed by atoms with van der Waals surface area (Å²) in [4.78, 5) is 10.9. The molecule has 0 spiro atoms. The van der Waals surface area contributed by atoms with E-state index in [1.165, 1.54) is 19.3 Å². The van der Waals surface area contributed by atoms with Crippen LogP contribution in [-0.4, -0.2) is 24.2 Å². The number of hydrogen-bond acceptors (Lipinski definition) is 2. The number of carbonyl (C=O) groups is 1. The monoisotopic (exact) mass is 313 g/mol. The highest BCUT2D eigenvalue weighted by molar-refractivity contribution is 9.10. The predicted octanol–water partition coefficient (Wildman–Crippen LogP) is 3.47. The van der Waals surface area contributed by atoms with Gasteiger partial charge in [-0.05, 0) is 49.7 Å². The molecule has 0 saturated heterocycles. The second-order valence-corrected chi connectivity index (χ2v) is 5.28. The van der Waals surface area contributed by atoms with Crippen LogP contribution in [0, 0.1) is 0 Å². The molecule has 100 valence electrons. The lowest BCUT2D eigenvalue weighted by atomic mass is 10.1. The highest BCUT2D eigenvalue weighted by atomic mass is 79.9. The second kappa shape index (κ2) is 8.27. The third-order valence-corrected chi connectivity index (χ3v) is 3.21. The Kier molecular flexibility index (Phi) is 6.98. The van der Waals surface area contributed by atoms with Gasteiger partial charge < -0.3 is 10.4 Å².